The van der Waals surface area contributed by atoms with Crippen LogP contribution < -0.4 is 0 Å². The number of rotatable bonds is 2. The summed E-state index contributed by atoms with van der Waals surface area (Å²) in [5.41, 5.74) is -1.27. The van der Waals surface area contributed by atoms with Crippen LogP contribution in [0.25, 0.3) is 0 Å². The normalized spacial score (nSPS) is 41.6. The Morgan fingerprint density at radius 3 is 2.44 bits per heavy atom. The molecular weight excluding hydrogens is 296 g/mol. The van der Waals surface area contributed by atoms with Crippen LogP contribution in [-0.4, -0.2) is 29.3 Å². The van der Waals surface area contributed by atoms with Crippen molar-refractivity contribution in [2.45, 2.75) is 31.5 Å². The van der Waals surface area contributed by atoms with Gasteiger partial charge in [0.25, 0.3) is 10.1 Å². The molecular formula is C10H15BrO4S. The monoisotopic (exact) mass is 310 g/mol. The summed E-state index contributed by atoms with van der Waals surface area (Å²) in [7, 11) is -4.12. The molecule has 4 nitrogen and oxygen atoms in total. The highest BCUT2D eigenvalue weighted by Gasteiger charge is 2.69. The van der Waals surface area contributed by atoms with Gasteiger partial charge in [0.05, 0.1) is 16.0 Å². The van der Waals surface area contributed by atoms with Gasteiger partial charge < -0.3 is 0 Å². The van der Waals surface area contributed by atoms with E-state index in [0.717, 1.165) is 6.42 Å². The van der Waals surface area contributed by atoms with Crippen molar-refractivity contribution < 1.29 is 17.8 Å². The highest BCUT2D eigenvalue weighted by atomic mass is 79.9. The fourth-order valence-electron chi connectivity index (χ4n) is 3.48. The van der Waals surface area contributed by atoms with Gasteiger partial charge in [-0.1, -0.05) is 29.8 Å². The van der Waals surface area contributed by atoms with Crippen LogP contribution in [0.4, 0.5) is 0 Å². The van der Waals surface area contributed by atoms with Gasteiger partial charge in [-0.25, -0.2) is 0 Å². The molecule has 2 bridgehead atoms. The molecule has 92 valence electrons. The van der Waals surface area contributed by atoms with Crippen LogP contribution in [0.1, 0.15) is 26.7 Å². The molecule has 2 aliphatic carbocycles. The number of ketones is 1. The molecule has 0 aliphatic heterocycles. The van der Waals surface area contributed by atoms with Gasteiger partial charge in [-0.05, 0) is 24.2 Å². The van der Waals surface area contributed by atoms with Gasteiger partial charge in [0.15, 0.2) is 5.78 Å². The summed E-state index contributed by atoms with van der Waals surface area (Å²) in [4.78, 5) is 11.9. The summed E-state index contributed by atoms with van der Waals surface area (Å²) in [6.45, 7) is 3.85. The van der Waals surface area contributed by atoms with E-state index in [4.69, 9.17) is 4.55 Å². The molecule has 0 aromatic carbocycles. The maximum Gasteiger partial charge on any atom is 0.265 e. The SMILES string of the molecule is CC1(C)[C@H]2CC[C@@]1(CS(=O)(=O)O)C(=O)[C@H]2Br. The van der Waals surface area contributed by atoms with E-state index < -0.39 is 21.3 Å². The Bertz CT molecular complexity index is 442. The molecule has 0 aromatic heterocycles. The number of carbonyl (C=O) groups is 1. The summed E-state index contributed by atoms with van der Waals surface area (Å²) in [5, 5.41) is 0. The summed E-state index contributed by atoms with van der Waals surface area (Å²) in [6.07, 6.45) is 1.40. The number of fused-ring (bicyclic) bond motifs is 2. The quantitative estimate of drug-likeness (QED) is 0.622. The second kappa shape index (κ2) is 3.29. The first-order valence-corrected chi connectivity index (χ1v) is 7.78. The molecule has 0 unspecified atom stereocenters. The predicted octanol–water partition coefficient (Wildman–Crippen LogP) is 1.64. The standard InChI is InChI=1S/C10H15BrO4S/c1-9(2)6-3-4-10(9,5-16(13,14)15)8(12)7(6)11/h6-7H,3-5H2,1-2H3,(H,13,14,15)/t6-,7-,10+/m0/s1. The first-order valence-electron chi connectivity index (χ1n) is 5.25. The fraction of sp³-hybridized carbons (Fsp3) is 0.900. The van der Waals surface area contributed by atoms with E-state index in [0.29, 0.717) is 6.42 Å². The van der Waals surface area contributed by atoms with E-state index in [1.807, 2.05) is 13.8 Å². The number of Topliss-reactive ketones (excluding diaryl/α,β-unsaturated/α-hetero) is 1. The topological polar surface area (TPSA) is 71.4 Å². The van der Waals surface area contributed by atoms with Gasteiger partial charge in [-0.15, -0.1) is 0 Å². The van der Waals surface area contributed by atoms with E-state index in [2.05, 4.69) is 15.9 Å². The third-order valence-corrected chi connectivity index (χ3v) is 6.46. The van der Waals surface area contributed by atoms with Crippen molar-refractivity contribution in [3.8, 4) is 0 Å². The van der Waals surface area contributed by atoms with Crippen LogP contribution in [-0.2, 0) is 14.9 Å². The Morgan fingerprint density at radius 2 is 2.06 bits per heavy atom. The molecule has 3 atom stereocenters. The lowest BCUT2D eigenvalue weighted by atomic mass is 9.70. The Hall–Kier alpha value is 0.0600. The number of hydrogen-bond acceptors (Lipinski definition) is 3. The molecule has 2 rings (SSSR count). The molecule has 2 fully saturated rings. The van der Waals surface area contributed by atoms with Crippen molar-refractivity contribution in [2.75, 3.05) is 5.75 Å². The minimum atomic E-state index is -4.12. The molecule has 1 N–H and O–H groups in total. The highest BCUT2D eigenvalue weighted by molar-refractivity contribution is 9.10. The third-order valence-electron chi connectivity index (χ3n) is 4.55. The predicted molar refractivity (Wildman–Crippen MR) is 63.1 cm³/mol. The van der Waals surface area contributed by atoms with Gasteiger partial charge in [0.1, 0.15) is 0 Å². The highest BCUT2D eigenvalue weighted by Crippen LogP contribution is 2.65. The summed E-state index contributed by atoms with van der Waals surface area (Å²) in [5.74, 6) is -0.335. The van der Waals surface area contributed by atoms with Crippen molar-refractivity contribution in [3.05, 3.63) is 0 Å². The molecule has 0 spiro atoms. The number of carbonyl (C=O) groups excluding carboxylic acids is 1. The largest absolute Gasteiger partial charge is 0.298 e. The average Bonchev–Trinajstić information content (AvgIpc) is 2.39. The molecule has 0 saturated heterocycles. The van der Waals surface area contributed by atoms with Gasteiger partial charge in [0, 0.05) is 0 Å². The van der Waals surface area contributed by atoms with E-state index in [9.17, 15) is 13.2 Å². The third kappa shape index (κ3) is 1.42. The van der Waals surface area contributed by atoms with Crippen molar-refractivity contribution in [3.63, 3.8) is 0 Å². The lowest BCUT2D eigenvalue weighted by Crippen LogP contribution is -2.43. The maximum absolute atomic E-state index is 12.2. The van der Waals surface area contributed by atoms with E-state index in [1.54, 1.807) is 0 Å². The van der Waals surface area contributed by atoms with E-state index >= 15 is 0 Å². The molecule has 2 aliphatic rings. The zero-order chi connectivity index (χ0) is 12.4. The smallest absolute Gasteiger partial charge is 0.265 e. The Labute approximate surface area is 104 Å². The second-order valence-corrected chi connectivity index (χ2v) is 7.88. The molecule has 2 saturated carbocycles. The average molecular weight is 311 g/mol. The van der Waals surface area contributed by atoms with Gasteiger partial charge >= 0.3 is 0 Å². The van der Waals surface area contributed by atoms with Crippen LogP contribution in [0.3, 0.4) is 0 Å². The molecule has 0 radical (unpaired) electrons. The van der Waals surface area contributed by atoms with Crippen LogP contribution in [0.15, 0.2) is 0 Å². The minimum absolute atomic E-state index is 0.0635. The lowest BCUT2D eigenvalue weighted by Gasteiger charge is -2.35. The molecule has 0 aromatic rings. The molecule has 6 heteroatoms. The summed E-state index contributed by atoms with van der Waals surface area (Å²) in [6, 6.07) is 0. The zero-order valence-corrected chi connectivity index (χ0v) is 11.6. The van der Waals surface area contributed by atoms with Crippen molar-refractivity contribution in [1.82, 2.24) is 0 Å². The Balaban J connectivity index is 2.50. The van der Waals surface area contributed by atoms with Crippen molar-refractivity contribution in [1.29, 1.82) is 0 Å². The first-order chi connectivity index (χ1) is 7.12. The number of halogens is 1. The van der Waals surface area contributed by atoms with E-state index in [-0.39, 0.29) is 21.9 Å². The maximum atomic E-state index is 12.2. The lowest BCUT2D eigenvalue weighted by molar-refractivity contribution is -0.127. The molecule has 0 heterocycles. The van der Waals surface area contributed by atoms with Gasteiger partial charge in [-0.2, -0.15) is 8.42 Å². The van der Waals surface area contributed by atoms with Crippen molar-refractivity contribution in [2.24, 2.45) is 16.7 Å². The Morgan fingerprint density at radius 1 is 1.50 bits per heavy atom. The van der Waals surface area contributed by atoms with Gasteiger partial charge in [0.2, 0.25) is 0 Å². The number of hydrogen-bond donors (Lipinski definition) is 1. The second-order valence-electron chi connectivity index (χ2n) is 5.44. The first kappa shape index (κ1) is 12.5. The van der Waals surface area contributed by atoms with Gasteiger partial charge in [-0.3, -0.25) is 9.35 Å². The van der Waals surface area contributed by atoms with Crippen LogP contribution in [0.2, 0.25) is 0 Å². The summed E-state index contributed by atoms with van der Waals surface area (Å²) < 4.78 is 31.2. The molecule has 16 heavy (non-hydrogen) atoms. The van der Waals surface area contributed by atoms with Crippen LogP contribution in [0.5, 0.6) is 0 Å². The van der Waals surface area contributed by atoms with Crippen molar-refractivity contribution >= 4 is 31.8 Å². The fourth-order valence-corrected chi connectivity index (χ4v) is 6.12. The minimum Gasteiger partial charge on any atom is -0.298 e. The van der Waals surface area contributed by atoms with Crippen LogP contribution in [0, 0.1) is 16.7 Å². The summed E-state index contributed by atoms with van der Waals surface area (Å²) >= 11 is 3.35. The Kier molecular flexibility index (Phi) is 2.58. The van der Waals surface area contributed by atoms with Crippen LogP contribution >= 0.6 is 15.9 Å². The molecule has 0 amide bonds. The van der Waals surface area contributed by atoms with E-state index in [1.165, 1.54) is 0 Å². The zero-order valence-electron chi connectivity index (χ0n) is 9.23. The number of alkyl halides is 1.